The maximum atomic E-state index is 10.3. The summed E-state index contributed by atoms with van der Waals surface area (Å²) >= 11 is 0. The molecule has 0 saturated carbocycles. The quantitative estimate of drug-likeness (QED) is 0.850. The van der Waals surface area contributed by atoms with Gasteiger partial charge in [-0.15, -0.1) is 0 Å². The molecule has 1 aliphatic rings. The van der Waals surface area contributed by atoms with E-state index >= 15 is 0 Å². The normalized spacial score (nSPS) is 14.6. The van der Waals surface area contributed by atoms with Crippen LogP contribution in [-0.2, 0) is 12.8 Å². The van der Waals surface area contributed by atoms with Crippen molar-refractivity contribution in [2.24, 2.45) is 0 Å². The zero-order chi connectivity index (χ0) is 16.1. The first-order valence-electron chi connectivity index (χ1n) is 8.49. The van der Waals surface area contributed by atoms with Crippen molar-refractivity contribution in [3.05, 3.63) is 59.7 Å². The molecule has 23 heavy (non-hydrogen) atoms. The lowest BCUT2D eigenvalue weighted by Gasteiger charge is -2.23. The van der Waals surface area contributed by atoms with Crippen molar-refractivity contribution in [3.8, 4) is 5.75 Å². The highest BCUT2D eigenvalue weighted by atomic mass is 16.5. The lowest BCUT2D eigenvalue weighted by Crippen LogP contribution is -2.34. The highest BCUT2D eigenvalue weighted by molar-refractivity contribution is 5.57. The van der Waals surface area contributed by atoms with Crippen molar-refractivity contribution in [1.82, 2.24) is 0 Å². The Morgan fingerprint density at radius 1 is 1.13 bits per heavy atom. The molecule has 0 aliphatic carbocycles. The van der Waals surface area contributed by atoms with E-state index in [1.807, 2.05) is 12.1 Å². The lowest BCUT2D eigenvalue weighted by atomic mass is 10.1. The molecule has 0 fully saturated rings. The van der Waals surface area contributed by atoms with Crippen LogP contribution in [0.5, 0.6) is 5.75 Å². The third-order valence-electron chi connectivity index (χ3n) is 4.32. The van der Waals surface area contributed by atoms with E-state index in [2.05, 4.69) is 48.2 Å². The standard InChI is InChI=1S/C20H25NO2/c1-2-5-16-8-10-19(11-9-16)23-15-18(22)14-21-13-12-17-6-3-4-7-20(17)21/h3-4,6-11,18,22H,2,5,12-15H2,1H3. The molecule has 1 unspecified atom stereocenters. The number of hydrogen-bond donors (Lipinski definition) is 1. The molecule has 0 aromatic heterocycles. The molecule has 0 radical (unpaired) electrons. The average Bonchev–Trinajstić information content (AvgIpc) is 2.98. The Hall–Kier alpha value is -2.00. The molecule has 0 spiro atoms. The summed E-state index contributed by atoms with van der Waals surface area (Å²) in [6.07, 6.45) is 2.81. The number of β-amino-alcohol motifs (C(OH)–C–C–N with tert-alkyl or cyclic N) is 1. The van der Waals surface area contributed by atoms with Gasteiger partial charge in [0, 0.05) is 18.8 Å². The summed E-state index contributed by atoms with van der Waals surface area (Å²) in [5.74, 6) is 0.825. The molecule has 122 valence electrons. The molecule has 1 heterocycles. The molecule has 0 amide bonds. The molecule has 2 aromatic carbocycles. The topological polar surface area (TPSA) is 32.7 Å². The van der Waals surface area contributed by atoms with Crippen molar-refractivity contribution < 1.29 is 9.84 Å². The number of fused-ring (bicyclic) bond motifs is 1. The van der Waals surface area contributed by atoms with Gasteiger partial charge in [-0.25, -0.2) is 0 Å². The van der Waals surface area contributed by atoms with Crippen molar-refractivity contribution in [3.63, 3.8) is 0 Å². The van der Waals surface area contributed by atoms with Crippen molar-refractivity contribution in [2.75, 3.05) is 24.6 Å². The monoisotopic (exact) mass is 311 g/mol. The SMILES string of the molecule is CCCc1ccc(OCC(O)CN2CCc3ccccc32)cc1. The van der Waals surface area contributed by atoms with Crippen LogP contribution in [0.3, 0.4) is 0 Å². The Morgan fingerprint density at radius 2 is 1.91 bits per heavy atom. The number of anilines is 1. The first-order chi connectivity index (χ1) is 11.3. The third kappa shape index (κ3) is 4.05. The summed E-state index contributed by atoms with van der Waals surface area (Å²) in [5.41, 5.74) is 3.94. The van der Waals surface area contributed by atoms with Crippen LogP contribution in [-0.4, -0.2) is 30.9 Å². The Bertz CT molecular complexity index is 624. The maximum Gasteiger partial charge on any atom is 0.119 e. The van der Waals surface area contributed by atoms with Gasteiger partial charge in [0.05, 0.1) is 0 Å². The Morgan fingerprint density at radius 3 is 2.70 bits per heavy atom. The summed E-state index contributed by atoms with van der Waals surface area (Å²) in [4.78, 5) is 2.24. The Kier molecular flexibility index (Phi) is 5.19. The number of rotatable bonds is 7. The summed E-state index contributed by atoms with van der Waals surface area (Å²) < 4.78 is 5.72. The van der Waals surface area contributed by atoms with Crippen LogP contribution in [0.1, 0.15) is 24.5 Å². The number of benzene rings is 2. The van der Waals surface area contributed by atoms with Crippen molar-refractivity contribution in [2.45, 2.75) is 32.3 Å². The number of aryl methyl sites for hydroxylation is 1. The van der Waals surface area contributed by atoms with Gasteiger partial charge in [-0.3, -0.25) is 0 Å². The second-order valence-electron chi connectivity index (χ2n) is 6.18. The van der Waals surface area contributed by atoms with Crippen LogP contribution < -0.4 is 9.64 Å². The third-order valence-corrected chi connectivity index (χ3v) is 4.32. The van der Waals surface area contributed by atoms with E-state index in [0.717, 1.165) is 31.6 Å². The zero-order valence-electron chi connectivity index (χ0n) is 13.7. The molecular formula is C20H25NO2. The second kappa shape index (κ2) is 7.51. The molecule has 3 heteroatoms. The van der Waals surface area contributed by atoms with Crippen molar-refractivity contribution >= 4 is 5.69 Å². The van der Waals surface area contributed by atoms with Crippen LogP contribution in [0.25, 0.3) is 0 Å². The molecular weight excluding hydrogens is 286 g/mol. The van der Waals surface area contributed by atoms with Gasteiger partial charge in [-0.2, -0.15) is 0 Å². The minimum absolute atomic E-state index is 0.325. The molecule has 3 rings (SSSR count). The van der Waals surface area contributed by atoms with E-state index < -0.39 is 6.10 Å². The van der Waals surface area contributed by atoms with E-state index in [9.17, 15) is 5.11 Å². The van der Waals surface area contributed by atoms with Gasteiger partial charge < -0.3 is 14.7 Å². The maximum absolute atomic E-state index is 10.3. The molecule has 1 aliphatic heterocycles. The van der Waals surface area contributed by atoms with Gasteiger partial charge in [0.15, 0.2) is 0 Å². The van der Waals surface area contributed by atoms with Crippen molar-refractivity contribution in [1.29, 1.82) is 0 Å². The van der Waals surface area contributed by atoms with Gasteiger partial charge in [-0.05, 0) is 42.2 Å². The summed E-state index contributed by atoms with van der Waals surface area (Å²) in [5, 5.41) is 10.3. The molecule has 0 saturated heterocycles. The van der Waals surface area contributed by atoms with Gasteiger partial charge in [0.25, 0.3) is 0 Å². The predicted octanol–water partition coefficient (Wildman–Crippen LogP) is 3.44. The van der Waals surface area contributed by atoms with Crippen LogP contribution in [0.15, 0.2) is 48.5 Å². The van der Waals surface area contributed by atoms with Crippen LogP contribution >= 0.6 is 0 Å². The van der Waals surface area contributed by atoms with Crippen LogP contribution in [0, 0.1) is 0 Å². The van der Waals surface area contributed by atoms with Gasteiger partial charge in [0.1, 0.15) is 18.5 Å². The number of para-hydroxylation sites is 1. The lowest BCUT2D eigenvalue weighted by molar-refractivity contribution is 0.112. The van der Waals surface area contributed by atoms with E-state index in [0.29, 0.717) is 13.2 Å². The summed E-state index contributed by atoms with van der Waals surface area (Å²) in [7, 11) is 0. The van der Waals surface area contributed by atoms with Gasteiger partial charge >= 0.3 is 0 Å². The Balaban J connectivity index is 1.49. The smallest absolute Gasteiger partial charge is 0.119 e. The van der Waals surface area contributed by atoms with Gasteiger partial charge in [-0.1, -0.05) is 43.7 Å². The number of hydrogen-bond acceptors (Lipinski definition) is 3. The Labute approximate surface area is 138 Å². The van der Waals surface area contributed by atoms with E-state index in [-0.39, 0.29) is 0 Å². The molecule has 1 atom stereocenters. The number of aliphatic hydroxyl groups is 1. The van der Waals surface area contributed by atoms with Crippen LogP contribution in [0.2, 0.25) is 0 Å². The summed E-state index contributed by atoms with van der Waals surface area (Å²) in [6.45, 7) is 4.09. The van der Waals surface area contributed by atoms with E-state index in [1.54, 1.807) is 0 Å². The number of nitrogens with zero attached hydrogens (tertiary/aromatic N) is 1. The second-order valence-corrected chi connectivity index (χ2v) is 6.18. The average molecular weight is 311 g/mol. The van der Waals surface area contributed by atoms with Crippen LogP contribution in [0.4, 0.5) is 5.69 Å². The first kappa shape index (κ1) is 15.9. The number of aliphatic hydroxyl groups excluding tert-OH is 1. The molecule has 2 aromatic rings. The van der Waals surface area contributed by atoms with E-state index in [1.165, 1.54) is 16.8 Å². The summed E-state index contributed by atoms with van der Waals surface area (Å²) in [6, 6.07) is 16.6. The number of ether oxygens (including phenoxy) is 1. The zero-order valence-corrected chi connectivity index (χ0v) is 13.7. The fraction of sp³-hybridized carbons (Fsp3) is 0.400. The fourth-order valence-corrected chi connectivity index (χ4v) is 3.14. The van der Waals surface area contributed by atoms with E-state index in [4.69, 9.17) is 4.74 Å². The molecule has 1 N–H and O–H groups in total. The highest BCUT2D eigenvalue weighted by Gasteiger charge is 2.20. The fourth-order valence-electron chi connectivity index (χ4n) is 3.14. The molecule has 3 nitrogen and oxygen atoms in total. The largest absolute Gasteiger partial charge is 0.491 e. The molecule has 0 bridgehead atoms. The predicted molar refractivity (Wildman–Crippen MR) is 94.3 cm³/mol. The minimum Gasteiger partial charge on any atom is -0.491 e. The minimum atomic E-state index is -0.489. The first-order valence-corrected chi connectivity index (χ1v) is 8.49. The van der Waals surface area contributed by atoms with Gasteiger partial charge in [0.2, 0.25) is 0 Å². The highest BCUT2D eigenvalue weighted by Crippen LogP contribution is 2.27.